The summed E-state index contributed by atoms with van der Waals surface area (Å²) in [7, 11) is 1.64. The zero-order valence-corrected chi connectivity index (χ0v) is 19.6. The molecule has 33 heavy (non-hydrogen) atoms. The Morgan fingerprint density at radius 3 is 2.64 bits per heavy atom. The van der Waals surface area contributed by atoms with Crippen LogP contribution >= 0.6 is 11.3 Å². The van der Waals surface area contributed by atoms with Crippen molar-refractivity contribution in [1.82, 2.24) is 15.6 Å². The molecular weight excluding hydrogens is 434 g/mol. The maximum atomic E-state index is 12.6. The van der Waals surface area contributed by atoms with E-state index in [1.165, 1.54) is 5.56 Å². The molecule has 2 aromatic carbocycles. The molecule has 1 unspecified atom stereocenters. The average molecular weight is 464 g/mol. The van der Waals surface area contributed by atoms with Gasteiger partial charge in [0.1, 0.15) is 5.75 Å². The first-order valence-corrected chi connectivity index (χ1v) is 12.1. The predicted octanol–water partition coefficient (Wildman–Crippen LogP) is 4.03. The minimum absolute atomic E-state index is 0.0251. The smallest absolute Gasteiger partial charge is 0.220 e. The molecule has 172 valence electrons. The summed E-state index contributed by atoms with van der Waals surface area (Å²) in [4.78, 5) is 29.2. The van der Waals surface area contributed by atoms with Gasteiger partial charge in [-0.1, -0.05) is 42.5 Å². The molecule has 1 aliphatic heterocycles. The first-order valence-electron chi connectivity index (χ1n) is 11.2. The van der Waals surface area contributed by atoms with Crippen LogP contribution in [0.5, 0.6) is 5.75 Å². The number of methoxy groups -OCH3 is 1. The fraction of sp³-hybridized carbons (Fsp3) is 0.346. The van der Waals surface area contributed by atoms with Gasteiger partial charge in [-0.05, 0) is 42.5 Å². The Morgan fingerprint density at radius 1 is 1.15 bits per heavy atom. The molecule has 1 aliphatic rings. The lowest BCUT2D eigenvalue weighted by Gasteiger charge is -2.29. The number of carbonyl (C=O) groups excluding carboxylic acids is 2. The minimum atomic E-state index is -0.382. The molecule has 1 atom stereocenters. The van der Waals surface area contributed by atoms with E-state index in [4.69, 9.17) is 4.74 Å². The van der Waals surface area contributed by atoms with E-state index in [-0.39, 0.29) is 17.4 Å². The summed E-state index contributed by atoms with van der Waals surface area (Å²) < 4.78 is 5.23. The molecular formula is C26H29N3O3S. The molecule has 2 N–H and O–H groups in total. The highest BCUT2D eigenvalue weighted by atomic mass is 32.1. The summed E-state index contributed by atoms with van der Waals surface area (Å²) in [5, 5.41) is 9.16. The van der Waals surface area contributed by atoms with Crippen molar-refractivity contribution in [3.63, 3.8) is 0 Å². The highest BCUT2D eigenvalue weighted by Gasteiger charge is 2.37. The molecule has 1 aromatic heterocycles. The summed E-state index contributed by atoms with van der Waals surface area (Å²) in [5.74, 6) is 0.830. The van der Waals surface area contributed by atoms with E-state index in [9.17, 15) is 9.59 Å². The number of nitrogens with one attached hydrogen (secondary N) is 2. The van der Waals surface area contributed by atoms with E-state index in [2.05, 4.69) is 27.8 Å². The van der Waals surface area contributed by atoms with Crippen LogP contribution in [0.1, 0.15) is 47.5 Å². The molecule has 0 bridgehead atoms. The van der Waals surface area contributed by atoms with E-state index >= 15 is 0 Å². The fourth-order valence-electron chi connectivity index (χ4n) is 4.23. The second kappa shape index (κ2) is 10.6. The molecule has 2 heterocycles. The lowest BCUT2D eigenvalue weighted by Crippen LogP contribution is -2.44. The Balaban J connectivity index is 1.28. The fourth-order valence-corrected chi connectivity index (χ4v) is 5.06. The molecule has 0 radical (unpaired) electrons. The molecule has 1 saturated heterocycles. The quantitative estimate of drug-likeness (QED) is 0.476. The first kappa shape index (κ1) is 23.0. The predicted molar refractivity (Wildman–Crippen MR) is 129 cm³/mol. The zero-order valence-electron chi connectivity index (χ0n) is 18.8. The van der Waals surface area contributed by atoms with Gasteiger partial charge < -0.3 is 15.4 Å². The van der Waals surface area contributed by atoms with Crippen LogP contribution in [0.3, 0.4) is 0 Å². The van der Waals surface area contributed by atoms with Gasteiger partial charge in [0.25, 0.3) is 0 Å². The third kappa shape index (κ3) is 6.42. The molecule has 1 fully saturated rings. The number of ether oxygens (including phenoxy) is 1. The molecule has 4 rings (SSSR count). The highest BCUT2D eigenvalue weighted by Crippen LogP contribution is 2.30. The number of amides is 2. The van der Waals surface area contributed by atoms with Crippen LogP contribution in [0, 0.1) is 0 Å². The number of carbonyl (C=O) groups is 2. The van der Waals surface area contributed by atoms with Gasteiger partial charge in [0.15, 0.2) is 0 Å². The molecule has 0 saturated carbocycles. The standard InChI is InChI=1S/C26H29N3O3S/c1-32-22-9-7-20(8-10-22)16-26(14-12-24(31)29-26)13-11-23(30)27-17-21-18-33-25(28-21)15-19-5-3-2-4-6-19/h2-10,18H,11-17H2,1H3,(H,27,30)(H,29,31). The van der Waals surface area contributed by atoms with Gasteiger partial charge in [0.05, 0.1) is 24.4 Å². The number of hydrogen-bond donors (Lipinski definition) is 2. The first-order chi connectivity index (χ1) is 16.0. The molecule has 0 spiro atoms. The van der Waals surface area contributed by atoms with Crippen molar-refractivity contribution in [2.24, 2.45) is 0 Å². The Bertz CT molecular complexity index is 1080. The maximum absolute atomic E-state index is 12.6. The van der Waals surface area contributed by atoms with Crippen molar-refractivity contribution >= 4 is 23.2 Å². The number of thiazole rings is 1. The third-order valence-corrected chi connectivity index (χ3v) is 6.93. The van der Waals surface area contributed by atoms with Crippen molar-refractivity contribution in [3.05, 3.63) is 81.8 Å². The Kier molecular flexibility index (Phi) is 7.40. The van der Waals surface area contributed by atoms with Gasteiger partial charge >= 0.3 is 0 Å². The van der Waals surface area contributed by atoms with E-state index < -0.39 is 0 Å². The van der Waals surface area contributed by atoms with Gasteiger partial charge in [0, 0.05) is 30.2 Å². The molecule has 6 nitrogen and oxygen atoms in total. The zero-order chi connectivity index (χ0) is 23.1. The average Bonchev–Trinajstić information content (AvgIpc) is 3.44. The second-order valence-corrected chi connectivity index (χ2v) is 9.47. The van der Waals surface area contributed by atoms with E-state index in [0.717, 1.165) is 34.9 Å². The number of rotatable bonds is 10. The summed E-state index contributed by atoms with van der Waals surface area (Å²) >= 11 is 1.61. The molecule has 7 heteroatoms. The van der Waals surface area contributed by atoms with Crippen molar-refractivity contribution in [2.75, 3.05) is 7.11 Å². The number of benzene rings is 2. The topological polar surface area (TPSA) is 80.3 Å². The molecule has 3 aromatic rings. The van der Waals surface area contributed by atoms with Crippen LogP contribution < -0.4 is 15.4 Å². The summed E-state index contributed by atoms with van der Waals surface area (Å²) in [6.45, 7) is 0.419. The van der Waals surface area contributed by atoms with Crippen molar-refractivity contribution in [1.29, 1.82) is 0 Å². The Labute approximate surface area is 198 Å². The number of hydrogen-bond acceptors (Lipinski definition) is 5. The van der Waals surface area contributed by atoms with Crippen LogP contribution in [0.4, 0.5) is 0 Å². The van der Waals surface area contributed by atoms with Crippen LogP contribution in [0.15, 0.2) is 60.0 Å². The number of nitrogens with zero attached hydrogens (tertiary/aromatic N) is 1. The van der Waals surface area contributed by atoms with Gasteiger partial charge in [-0.25, -0.2) is 4.98 Å². The van der Waals surface area contributed by atoms with Crippen LogP contribution in [-0.4, -0.2) is 29.4 Å². The van der Waals surface area contributed by atoms with Crippen molar-refractivity contribution in [2.45, 2.75) is 50.6 Å². The van der Waals surface area contributed by atoms with Gasteiger partial charge in [-0.2, -0.15) is 0 Å². The maximum Gasteiger partial charge on any atom is 0.220 e. The molecule has 2 amide bonds. The highest BCUT2D eigenvalue weighted by molar-refractivity contribution is 7.09. The largest absolute Gasteiger partial charge is 0.497 e. The molecule has 0 aliphatic carbocycles. The van der Waals surface area contributed by atoms with Crippen LogP contribution in [0.25, 0.3) is 0 Å². The Morgan fingerprint density at radius 2 is 1.94 bits per heavy atom. The van der Waals surface area contributed by atoms with Gasteiger partial charge in [-0.3, -0.25) is 9.59 Å². The van der Waals surface area contributed by atoms with E-state index in [1.807, 2.05) is 47.8 Å². The van der Waals surface area contributed by atoms with Crippen LogP contribution in [0.2, 0.25) is 0 Å². The Hall–Kier alpha value is -3.19. The summed E-state index contributed by atoms with van der Waals surface area (Å²) in [6.07, 6.45) is 3.70. The third-order valence-electron chi connectivity index (χ3n) is 6.03. The van der Waals surface area contributed by atoms with E-state index in [1.54, 1.807) is 18.4 Å². The SMILES string of the molecule is COc1ccc(CC2(CCC(=O)NCc3csc(Cc4ccccc4)n3)CCC(=O)N2)cc1. The lowest BCUT2D eigenvalue weighted by molar-refractivity contribution is -0.122. The van der Waals surface area contributed by atoms with E-state index in [0.29, 0.717) is 32.2 Å². The second-order valence-electron chi connectivity index (χ2n) is 8.53. The van der Waals surface area contributed by atoms with Crippen LogP contribution in [-0.2, 0) is 29.0 Å². The van der Waals surface area contributed by atoms with Crippen molar-refractivity contribution in [3.8, 4) is 5.75 Å². The monoisotopic (exact) mass is 463 g/mol. The van der Waals surface area contributed by atoms with Gasteiger partial charge in [0.2, 0.25) is 11.8 Å². The minimum Gasteiger partial charge on any atom is -0.497 e. The normalized spacial score (nSPS) is 17.5. The summed E-state index contributed by atoms with van der Waals surface area (Å²) in [5.41, 5.74) is 2.84. The van der Waals surface area contributed by atoms with Gasteiger partial charge in [-0.15, -0.1) is 11.3 Å². The number of aromatic nitrogens is 1. The lowest BCUT2D eigenvalue weighted by atomic mass is 9.85. The van der Waals surface area contributed by atoms with Crippen molar-refractivity contribution < 1.29 is 14.3 Å². The summed E-state index contributed by atoms with van der Waals surface area (Å²) in [6, 6.07) is 18.1.